The molecule has 0 N–H and O–H groups in total. The molecule has 3 nitrogen and oxygen atoms in total. The first-order valence-electron chi connectivity index (χ1n) is 6.49. The summed E-state index contributed by atoms with van der Waals surface area (Å²) in [5, 5.41) is 0. The van der Waals surface area contributed by atoms with Gasteiger partial charge in [0.15, 0.2) is 0 Å². The topological polar surface area (TPSA) is 37.4 Å². The van der Waals surface area contributed by atoms with Crippen molar-refractivity contribution in [1.29, 1.82) is 0 Å². The van der Waals surface area contributed by atoms with Crippen LogP contribution >= 0.6 is 0 Å². The summed E-state index contributed by atoms with van der Waals surface area (Å²) in [5.74, 6) is 0.420. The zero-order valence-electron chi connectivity index (χ0n) is 10.5. The first-order chi connectivity index (χ1) is 7.69. The minimum absolute atomic E-state index is 0.0194. The maximum Gasteiger partial charge on any atom is 0.223 e. The molecule has 0 aliphatic carbocycles. The van der Waals surface area contributed by atoms with Crippen LogP contribution in [-0.4, -0.2) is 29.7 Å². The summed E-state index contributed by atoms with van der Waals surface area (Å²) in [5.41, 5.74) is 0. The van der Waals surface area contributed by atoms with Gasteiger partial charge in [0.2, 0.25) is 5.91 Å². The Morgan fingerprint density at radius 3 is 2.62 bits per heavy atom. The second kappa shape index (κ2) is 6.66. The van der Waals surface area contributed by atoms with Crippen LogP contribution in [-0.2, 0) is 9.59 Å². The summed E-state index contributed by atoms with van der Waals surface area (Å²) in [6, 6.07) is 0. The second-order valence-corrected chi connectivity index (χ2v) is 4.61. The lowest BCUT2D eigenvalue weighted by molar-refractivity contribution is -0.128. The number of hydrogen-bond donors (Lipinski definition) is 0. The normalized spacial score (nSPS) is 20.5. The van der Waals surface area contributed by atoms with Crippen LogP contribution in [0.2, 0.25) is 0 Å². The van der Waals surface area contributed by atoms with Gasteiger partial charge in [-0.3, -0.25) is 9.59 Å². The molecule has 0 radical (unpaired) electrons. The fourth-order valence-corrected chi connectivity index (χ4v) is 2.22. The molecule has 0 saturated carbocycles. The van der Waals surface area contributed by atoms with Crippen molar-refractivity contribution in [3.8, 4) is 0 Å². The Kier molecular flexibility index (Phi) is 5.50. The number of nitrogens with zero attached hydrogens (tertiary/aromatic N) is 1. The van der Waals surface area contributed by atoms with Crippen molar-refractivity contribution >= 4 is 11.7 Å². The minimum Gasteiger partial charge on any atom is -0.342 e. The van der Waals surface area contributed by atoms with Crippen LogP contribution < -0.4 is 0 Å². The first-order valence-corrected chi connectivity index (χ1v) is 6.49. The number of carbonyl (C=O) groups is 2. The van der Waals surface area contributed by atoms with E-state index in [9.17, 15) is 9.59 Å². The van der Waals surface area contributed by atoms with E-state index in [0.29, 0.717) is 25.2 Å². The lowest BCUT2D eigenvalue weighted by Crippen LogP contribution is -2.25. The quantitative estimate of drug-likeness (QED) is 0.624. The number of unbranched alkanes of at least 4 members (excludes halogenated alkanes) is 3. The van der Waals surface area contributed by atoms with Gasteiger partial charge in [-0.25, -0.2) is 0 Å². The average molecular weight is 225 g/mol. The van der Waals surface area contributed by atoms with E-state index in [4.69, 9.17) is 0 Å². The highest BCUT2D eigenvalue weighted by atomic mass is 16.2. The van der Waals surface area contributed by atoms with Crippen LogP contribution in [0, 0.1) is 5.92 Å². The van der Waals surface area contributed by atoms with E-state index < -0.39 is 0 Å². The lowest BCUT2D eigenvalue weighted by atomic mass is 9.98. The first kappa shape index (κ1) is 13.2. The van der Waals surface area contributed by atoms with Gasteiger partial charge >= 0.3 is 0 Å². The summed E-state index contributed by atoms with van der Waals surface area (Å²) in [4.78, 5) is 25.1. The van der Waals surface area contributed by atoms with Crippen LogP contribution in [0.1, 0.15) is 52.4 Å². The van der Waals surface area contributed by atoms with Crippen molar-refractivity contribution in [1.82, 2.24) is 4.90 Å². The van der Waals surface area contributed by atoms with Crippen LogP contribution in [0.5, 0.6) is 0 Å². The monoisotopic (exact) mass is 225 g/mol. The molecule has 0 bridgehead atoms. The second-order valence-electron chi connectivity index (χ2n) is 4.61. The number of rotatable bonds is 7. The fourth-order valence-electron chi connectivity index (χ4n) is 2.22. The summed E-state index contributed by atoms with van der Waals surface area (Å²) in [7, 11) is 0. The standard InChI is InChI=1S/C13H23NO2/c1-3-5-6-7-8-12(15)11-9-13(16)14(4-2)10-11/h11H,3-10H2,1-2H3. The smallest absolute Gasteiger partial charge is 0.223 e. The van der Waals surface area contributed by atoms with Crippen molar-refractivity contribution in [3.05, 3.63) is 0 Å². The molecule has 1 unspecified atom stereocenters. The van der Waals surface area contributed by atoms with Crippen molar-refractivity contribution in [2.24, 2.45) is 5.92 Å². The van der Waals surface area contributed by atoms with Crippen LogP contribution in [0.25, 0.3) is 0 Å². The Bertz CT molecular complexity index is 250. The molecule has 1 fully saturated rings. The molecular weight excluding hydrogens is 202 g/mol. The number of likely N-dealkylation sites (tertiary alicyclic amines) is 1. The molecule has 3 heteroatoms. The molecule has 0 aromatic rings. The summed E-state index contributed by atoms with van der Waals surface area (Å²) in [6.07, 6.45) is 5.64. The van der Waals surface area contributed by atoms with Crippen molar-refractivity contribution in [3.63, 3.8) is 0 Å². The van der Waals surface area contributed by atoms with Crippen molar-refractivity contribution < 1.29 is 9.59 Å². The molecule has 92 valence electrons. The third-order valence-corrected chi connectivity index (χ3v) is 3.33. The molecule has 1 rings (SSSR count). The molecule has 0 aromatic heterocycles. The van der Waals surface area contributed by atoms with Gasteiger partial charge in [0.1, 0.15) is 5.78 Å². The predicted octanol–water partition coefficient (Wildman–Crippen LogP) is 2.39. The molecule has 1 heterocycles. The Morgan fingerprint density at radius 2 is 2.06 bits per heavy atom. The lowest BCUT2D eigenvalue weighted by Gasteiger charge is -2.12. The Hall–Kier alpha value is -0.860. The Morgan fingerprint density at radius 1 is 1.31 bits per heavy atom. The maximum atomic E-state index is 11.8. The van der Waals surface area contributed by atoms with Gasteiger partial charge in [0, 0.05) is 31.8 Å². The molecular formula is C13H23NO2. The molecule has 0 spiro atoms. The molecule has 16 heavy (non-hydrogen) atoms. The third kappa shape index (κ3) is 3.62. The van der Waals surface area contributed by atoms with E-state index in [0.717, 1.165) is 19.4 Å². The maximum absolute atomic E-state index is 11.8. The van der Waals surface area contributed by atoms with Gasteiger partial charge in [0.05, 0.1) is 0 Å². The van der Waals surface area contributed by atoms with E-state index in [1.165, 1.54) is 12.8 Å². The Labute approximate surface area is 98.2 Å². The van der Waals surface area contributed by atoms with Gasteiger partial charge in [-0.15, -0.1) is 0 Å². The molecule has 1 amide bonds. The van der Waals surface area contributed by atoms with Crippen LogP contribution in [0.15, 0.2) is 0 Å². The number of Topliss-reactive ketones (excluding diaryl/α,β-unsaturated/α-hetero) is 1. The zero-order valence-corrected chi connectivity index (χ0v) is 10.5. The van der Waals surface area contributed by atoms with Gasteiger partial charge < -0.3 is 4.90 Å². The minimum atomic E-state index is -0.0194. The highest BCUT2D eigenvalue weighted by molar-refractivity contribution is 5.90. The van der Waals surface area contributed by atoms with Gasteiger partial charge in [-0.2, -0.15) is 0 Å². The van der Waals surface area contributed by atoms with Crippen LogP contribution in [0.3, 0.4) is 0 Å². The number of carbonyl (C=O) groups excluding carboxylic acids is 2. The van der Waals surface area contributed by atoms with Crippen molar-refractivity contribution in [2.45, 2.75) is 52.4 Å². The van der Waals surface area contributed by atoms with E-state index in [1.807, 2.05) is 6.92 Å². The van der Waals surface area contributed by atoms with Gasteiger partial charge in [-0.05, 0) is 13.3 Å². The highest BCUT2D eigenvalue weighted by Crippen LogP contribution is 2.20. The largest absolute Gasteiger partial charge is 0.342 e. The van der Waals surface area contributed by atoms with E-state index >= 15 is 0 Å². The Balaban J connectivity index is 2.25. The molecule has 1 saturated heterocycles. The average Bonchev–Trinajstić information content (AvgIpc) is 2.66. The van der Waals surface area contributed by atoms with Gasteiger partial charge in [0.25, 0.3) is 0 Å². The molecule has 1 atom stereocenters. The number of amides is 1. The number of ketones is 1. The van der Waals surface area contributed by atoms with Crippen molar-refractivity contribution in [2.75, 3.05) is 13.1 Å². The summed E-state index contributed by atoms with van der Waals surface area (Å²) < 4.78 is 0. The molecule has 0 aromatic carbocycles. The van der Waals surface area contributed by atoms with E-state index in [2.05, 4.69) is 6.92 Å². The third-order valence-electron chi connectivity index (χ3n) is 3.33. The SMILES string of the molecule is CCCCCCC(=O)C1CC(=O)N(CC)C1. The van der Waals surface area contributed by atoms with Gasteiger partial charge in [-0.1, -0.05) is 26.2 Å². The molecule has 1 aliphatic rings. The van der Waals surface area contributed by atoms with Crippen LogP contribution in [0.4, 0.5) is 0 Å². The highest BCUT2D eigenvalue weighted by Gasteiger charge is 2.32. The molecule has 1 aliphatic heterocycles. The number of hydrogen-bond acceptors (Lipinski definition) is 2. The van der Waals surface area contributed by atoms with E-state index in [1.54, 1.807) is 4.90 Å². The fraction of sp³-hybridized carbons (Fsp3) is 0.846. The predicted molar refractivity (Wildman–Crippen MR) is 64.1 cm³/mol. The summed E-state index contributed by atoms with van der Waals surface area (Å²) >= 11 is 0. The van der Waals surface area contributed by atoms with E-state index in [-0.39, 0.29) is 11.8 Å². The zero-order chi connectivity index (χ0) is 12.0. The summed E-state index contributed by atoms with van der Waals surface area (Å²) in [6.45, 7) is 5.52.